The Balaban J connectivity index is 2.04. The van der Waals surface area contributed by atoms with Crippen LogP contribution in [-0.2, 0) is 11.3 Å². The van der Waals surface area contributed by atoms with Crippen LogP contribution in [0.3, 0.4) is 0 Å². The van der Waals surface area contributed by atoms with Gasteiger partial charge in [-0.1, -0.05) is 12.8 Å². The molecule has 0 saturated heterocycles. The number of aliphatic hydroxyl groups excluding tert-OH is 1. The summed E-state index contributed by atoms with van der Waals surface area (Å²) in [5.74, 6) is 0.539. The zero-order chi connectivity index (χ0) is 14.7. The lowest BCUT2D eigenvalue weighted by Gasteiger charge is -2.34. The Labute approximate surface area is 119 Å². The lowest BCUT2D eigenvalue weighted by molar-refractivity contribution is 0.0257. The molecule has 0 radical (unpaired) electrons. The quantitative estimate of drug-likeness (QED) is 0.856. The van der Waals surface area contributed by atoms with E-state index in [0.717, 1.165) is 37.0 Å². The number of aryl methyl sites for hydroxylation is 1. The van der Waals surface area contributed by atoms with Gasteiger partial charge in [0.1, 0.15) is 5.76 Å². The fourth-order valence-corrected chi connectivity index (χ4v) is 2.89. The van der Waals surface area contributed by atoms with Crippen LogP contribution < -0.4 is 0 Å². The van der Waals surface area contributed by atoms with Gasteiger partial charge in [0.05, 0.1) is 19.8 Å². The number of methoxy groups -OCH3 is 1. The van der Waals surface area contributed by atoms with E-state index in [9.17, 15) is 9.90 Å². The number of esters is 1. The highest BCUT2D eigenvalue weighted by molar-refractivity contribution is 5.87. The molecule has 0 spiro atoms. The second-order valence-electron chi connectivity index (χ2n) is 5.55. The minimum atomic E-state index is -0.450. The molecular weight excluding hydrogens is 258 g/mol. The molecule has 2 rings (SSSR count). The topological polar surface area (TPSA) is 62.9 Å². The van der Waals surface area contributed by atoms with Crippen molar-refractivity contribution < 1.29 is 19.1 Å². The number of nitrogens with zero attached hydrogens (tertiary/aromatic N) is 1. The van der Waals surface area contributed by atoms with Crippen molar-refractivity contribution >= 4 is 5.97 Å². The number of ether oxygens (including phenoxy) is 1. The fraction of sp³-hybridized carbons (Fsp3) is 0.667. The number of carbonyl (C=O) groups is 1. The summed E-state index contributed by atoms with van der Waals surface area (Å²) >= 11 is 0. The molecular formula is C15H23NO4. The first-order valence-electron chi connectivity index (χ1n) is 7.09. The van der Waals surface area contributed by atoms with Crippen molar-refractivity contribution in [3.05, 3.63) is 23.2 Å². The summed E-state index contributed by atoms with van der Waals surface area (Å²) in [7, 11) is 3.32. The third kappa shape index (κ3) is 3.22. The Bertz CT molecular complexity index is 468. The van der Waals surface area contributed by atoms with E-state index in [-0.39, 0.29) is 17.9 Å². The van der Waals surface area contributed by atoms with Crippen LogP contribution in [0.1, 0.15) is 47.6 Å². The van der Waals surface area contributed by atoms with Crippen molar-refractivity contribution in [1.29, 1.82) is 0 Å². The average molecular weight is 281 g/mol. The van der Waals surface area contributed by atoms with Crippen molar-refractivity contribution in [2.75, 3.05) is 14.2 Å². The van der Waals surface area contributed by atoms with Crippen molar-refractivity contribution in [3.8, 4) is 0 Å². The smallest absolute Gasteiger partial charge is 0.374 e. The lowest BCUT2D eigenvalue weighted by atomic mass is 9.91. The lowest BCUT2D eigenvalue weighted by Crippen LogP contribution is -2.42. The predicted molar refractivity (Wildman–Crippen MR) is 74.5 cm³/mol. The van der Waals surface area contributed by atoms with Crippen molar-refractivity contribution in [2.45, 2.75) is 51.3 Å². The summed E-state index contributed by atoms with van der Waals surface area (Å²) < 4.78 is 10.2. The maximum absolute atomic E-state index is 11.5. The molecule has 1 aromatic rings. The first-order chi connectivity index (χ1) is 9.52. The summed E-state index contributed by atoms with van der Waals surface area (Å²) in [6.07, 6.45) is 3.83. The number of furan rings is 1. The van der Waals surface area contributed by atoms with Gasteiger partial charge in [0.25, 0.3) is 0 Å². The van der Waals surface area contributed by atoms with E-state index in [1.807, 2.05) is 20.0 Å². The maximum Gasteiger partial charge on any atom is 0.374 e. The van der Waals surface area contributed by atoms with Crippen molar-refractivity contribution in [1.82, 2.24) is 4.90 Å². The van der Waals surface area contributed by atoms with E-state index in [2.05, 4.69) is 9.64 Å². The van der Waals surface area contributed by atoms with E-state index in [0.29, 0.717) is 6.54 Å². The van der Waals surface area contributed by atoms with Gasteiger partial charge in [-0.2, -0.15) is 0 Å². The molecule has 0 aliphatic heterocycles. The monoisotopic (exact) mass is 281 g/mol. The zero-order valence-electron chi connectivity index (χ0n) is 12.4. The summed E-state index contributed by atoms with van der Waals surface area (Å²) in [5, 5.41) is 10.1. The van der Waals surface area contributed by atoms with Gasteiger partial charge in [-0.25, -0.2) is 4.79 Å². The molecule has 1 aliphatic rings. The normalized spacial score (nSPS) is 23.1. The zero-order valence-corrected chi connectivity index (χ0v) is 12.4. The Hall–Kier alpha value is -1.33. The molecule has 112 valence electrons. The molecule has 1 heterocycles. The van der Waals surface area contributed by atoms with Gasteiger partial charge in [-0.15, -0.1) is 0 Å². The van der Waals surface area contributed by atoms with E-state index in [4.69, 9.17) is 4.42 Å². The molecule has 1 fully saturated rings. The Morgan fingerprint density at radius 1 is 1.50 bits per heavy atom. The van der Waals surface area contributed by atoms with Crippen LogP contribution in [0.25, 0.3) is 0 Å². The maximum atomic E-state index is 11.5. The summed E-state index contributed by atoms with van der Waals surface area (Å²) in [4.78, 5) is 13.6. The summed E-state index contributed by atoms with van der Waals surface area (Å²) in [6, 6.07) is 2.02. The number of hydrogen-bond acceptors (Lipinski definition) is 5. The third-order valence-electron chi connectivity index (χ3n) is 4.00. The molecule has 2 unspecified atom stereocenters. The molecule has 1 saturated carbocycles. The summed E-state index contributed by atoms with van der Waals surface area (Å²) in [6.45, 7) is 2.41. The molecule has 0 amide bonds. The standard InChI is InChI=1S/C15H23NO4/c1-10-8-11(20-14(10)15(18)19-3)9-16(2)12-6-4-5-7-13(12)17/h8,12-13,17H,4-7,9H2,1-3H3. The number of aliphatic hydroxyl groups is 1. The van der Waals surface area contributed by atoms with Crippen LogP contribution in [0.5, 0.6) is 0 Å². The van der Waals surface area contributed by atoms with Crippen LogP contribution in [0.4, 0.5) is 0 Å². The minimum Gasteiger partial charge on any atom is -0.463 e. The van der Waals surface area contributed by atoms with Crippen LogP contribution >= 0.6 is 0 Å². The molecule has 2 atom stereocenters. The molecule has 1 aromatic heterocycles. The highest BCUT2D eigenvalue weighted by Crippen LogP contribution is 2.24. The number of carbonyl (C=O) groups excluding carboxylic acids is 1. The Kier molecular flexibility index (Phi) is 4.83. The number of rotatable bonds is 4. The van der Waals surface area contributed by atoms with Gasteiger partial charge in [-0.05, 0) is 32.9 Å². The van der Waals surface area contributed by atoms with Crippen molar-refractivity contribution in [3.63, 3.8) is 0 Å². The van der Waals surface area contributed by atoms with Gasteiger partial charge in [0.2, 0.25) is 5.76 Å². The Morgan fingerprint density at radius 2 is 2.20 bits per heavy atom. The van der Waals surface area contributed by atoms with Crippen LogP contribution in [0.2, 0.25) is 0 Å². The third-order valence-corrected chi connectivity index (χ3v) is 4.00. The SMILES string of the molecule is COC(=O)c1oc(CN(C)C2CCCCC2O)cc1C. The van der Waals surface area contributed by atoms with Crippen LogP contribution in [0, 0.1) is 6.92 Å². The van der Waals surface area contributed by atoms with Crippen LogP contribution in [0.15, 0.2) is 10.5 Å². The molecule has 5 heteroatoms. The summed E-state index contributed by atoms with van der Waals surface area (Å²) in [5.41, 5.74) is 0.782. The highest BCUT2D eigenvalue weighted by Gasteiger charge is 2.27. The van der Waals surface area contributed by atoms with Gasteiger partial charge in [-0.3, -0.25) is 4.90 Å². The van der Waals surface area contributed by atoms with Gasteiger partial charge in [0, 0.05) is 11.6 Å². The van der Waals surface area contributed by atoms with Crippen LogP contribution in [-0.4, -0.2) is 42.3 Å². The van der Waals surface area contributed by atoms with E-state index in [1.54, 1.807) is 0 Å². The predicted octanol–water partition coefficient (Wildman–Crippen LogP) is 2.11. The average Bonchev–Trinajstić information content (AvgIpc) is 2.79. The minimum absolute atomic E-state index is 0.163. The molecule has 5 nitrogen and oxygen atoms in total. The molecule has 0 aromatic carbocycles. The number of hydrogen-bond donors (Lipinski definition) is 1. The van der Waals surface area contributed by atoms with E-state index in [1.165, 1.54) is 7.11 Å². The second-order valence-corrected chi connectivity index (χ2v) is 5.55. The Morgan fingerprint density at radius 3 is 2.85 bits per heavy atom. The highest BCUT2D eigenvalue weighted by atomic mass is 16.5. The molecule has 1 N–H and O–H groups in total. The van der Waals surface area contributed by atoms with Gasteiger partial charge < -0.3 is 14.3 Å². The molecule has 0 bridgehead atoms. The van der Waals surface area contributed by atoms with E-state index < -0.39 is 5.97 Å². The number of likely N-dealkylation sites (N-methyl/N-ethyl adjacent to an activating group) is 1. The van der Waals surface area contributed by atoms with Crippen molar-refractivity contribution in [2.24, 2.45) is 0 Å². The fourth-order valence-electron chi connectivity index (χ4n) is 2.89. The second kappa shape index (κ2) is 6.41. The first-order valence-corrected chi connectivity index (χ1v) is 7.09. The first kappa shape index (κ1) is 15.1. The van der Waals surface area contributed by atoms with E-state index >= 15 is 0 Å². The van der Waals surface area contributed by atoms with Gasteiger partial charge >= 0.3 is 5.97 Å². The largest absolute Gasteiger partial charge is 0.463 e. The molecule has 20 heavy (non-hydrogen) atoms. The van der Waals surface area contributed by atoms with Gasteiger partial charge in [0.15, 0.2) is 0 Å². The molecule has 1 aliphatic carbocycles.